The van der Waals surface area contributed by atoms with E-state index in [1.54, 1.807) is 0 Å². The molecule has 15 heavy (non-hydrogen) atoms. The van der Waals surface area contributed by atoms with E-state index in [0.29, 0.717) is 17.8 Å². The highest BCUT2D eigenvalue weighted by Gasteiger charge is 2.27. The Hall–Kier alpha value is 0.100. The zero-order valence-electron chi connectivity index (χ0n) is 8.94. The zero-order chi connectivity index (χ0) is 11.3. The minimum absolute atomic E-state index is 0.198. The lowest BCUT2D eigenvalue weighted by Crippen LogP contribution is -2.28. The van der Waals surface area contributed by atoms with Crippen molar-refractivity contribution < 1.29 is 13.2 Å². The summed E-state index contributed by atoms with van der Waals surface area (Å²) in [6, 6.07) is 0.440. The van der Waals surface area contributed by atoms with Gasteiger partial charge in [0.25, 0.3) is 0 Å². The summed E-state index contributed by atoms with van der Waals surface area (Å²) in [7, 11) is 0. The molecule has 1 N–H and O–H groups in total. The van der Waals surface area contributed by atoms with E-state index in [4.69, 9.17) is 0 Å². The third-order valence-electron chi connectivity index (χ3n) is 2.79. The van der Waals surface area contributed by atoms with Gasteiger partial charge in [0.05, 0.1) is 0 Å². The minimum Gasteiger partial charge on any atom is -0.314 e. The van der Waals surface area contributed by atoms with E-state index in [9.17, 15) is 13.2 Å². The molecule has 90 valence electrons. The fourth-order valence-corrected chi connectivity index (χ4v) is 2.73. The van der Waals surface area contributed by atoms with Gasteiger partial charge in [-0.25, -0.2) is 0 Å². The van der Waals surface area contributed by atoms with Gasteiger partial charge < -0.3 is 5.32 Å². The van der Waals surface area contributed by atoms with Crippen molar-refractivity contribution in [2.45, 2.75) is 49.6 Å². The van der Waals surface area contributed by atoms with Crippen molar-refractivity contribution in [2.75, 3.05) is 12.8 Å². The minimum atomic E-state index is -4.00. The number of hydrogen-bond donors (Lipinski definition) is 1. The average molecular weight is 241 g/mol. The summed E-state index contributed by atoms with van der Waals surface area (Å²) in [5.74, 6) is 0. The normalized spacial score (nSPS) is 27.2. The second-order valence-corrected chi connectivity index (χ2v) is 5.18. The van der Waals surface area contributed by atoms with E-state index in [-0.39, 0.29) is 6.42 Å². The Morgan fingerprint density at radius 1 is 1.33 bits per heavy atom. The molecule has 0 radical (unpaired) electrons. The lowest BCUT2D eigenvalue weighted by molar-refractivity contribution is -0.135. The summed E-state index contributed by atoms with van der Waals surface area (Å²) in [6.45, 7) is 0.491. The van der Waals surface area contributed by atoms with Crippen LogP contribution in [0.15, 0.2) is 0 Å². The van der Waals surface area contributed by atoms with Crippen LogP contribution >= 0.6 is 11.8 Å². The van der Waals surface area contributed by atoms with Gasteiger partial charge in [-0.1, -0.05) is 0 Å². The van der Waals surface area contributed by atoms with Gasteiger partial charge in [0.15, 0.2) is 0 Å². The predicted octanol–water partition coefficient (Wildman–Crippen LogP) is 3.20. The maximum absolute atomic E-state index is 11.8. The summed E-state index contributed by atoms with van der Waals surface area (Å²) in [6.07, 6.45) is 1.03. The van der Waals surface area contributed by atoms with Crippen molar-refractivity contribution in [3.8, 4) is 0 Å². The third kappa shape index (κ3) is 5.66. The lowest BCUT2D eigenvalue weighted by Gasteiger charge is -2.13. The first-order chi connectivity index (χ1) is 7.01. The fourth-order valence-electron chi connectivity index (χ4n) is 1.93. The fraction of sp³-hybridized carbons (Fsp3) is 1.00. The summed E-state index contributed by atoms with van der Waals surface area (Å²) in [5.41, 5.74) is 0. The van der Waals surface area contributed by atoms with Crippen molar-refractivity contribution >= 4 is 11.8 Å². The number of nitrogens with one attached hydrogen (secondary N) is 1. The third-order valence-corrected chi connectivity index (χ3v) is 3.88. The molecule has 2 atom stereocenters. The summed E-state index contributed by atoms with van der Waals surface area (Å²) in [5, 5.41) is 3.90. The first kappa shape index (κ1) is 13.2. The highest BCUT2D eigenvalue weighted by Crippen LogP contribution is 2.28. The summed E-state index contributed by atoms with van der Waals surface area (Å²) >= 11 is 1.86. The van der Waals surface area contributed by atoms with E-state index in [1.807, 2.05) is 11.8 Å². The Bertz CT molecular complexity index is 184. The zero-order valence-corrected chi connectivity index (χ0v) is 9.76. The Morgan fingerprint density at radius 3 is 2.60 bits per heavy atom. The molecule has 0 aromatic carbocycles. The van der Waals surface area contributed by atoms with Crippen LogP contribution in [0.5, 0.6) is 0 Å². The van der Waals surface area contributed by atoms with Gasteiger partial charge in [0.1, 0.15) is 0 Å². The standard InChI is InChI=1S/C10H18F3NS/c1-15-9-4-3-8(7-9)14-6-2-5-10(11,12)13/h8-9,14H,2-7H2,1H3. The van der Waals surface area contributed by atoms with Crippen LogP contribution in [0, 0.1) is 0 Å². The number of alkyl halides is 3. The number of rotatable bonds is 5. The van der Waals surface area contributed by atoms with E-state index >= 15 is 0 Å². The Balaban J connectivity index is 2.02. The molecule has 0 heterocycles. The second-order valence-electron chi connectivity index (χ2n) is 4.04. The molecule has 1 aliphatic rings. The van der Waals surface area contributed by atoms with E-state index < -0.39 is 12.6 Å². The molecule has 2 unspecified atom stereocenters. The van der Waals surface area contributed by atoms with Crippen molar-refractivity contribution in [2.24, 2.45) is 0 Å². The number of halogens is 3. The average Bonchev–Trinajstić information content (AvgIpc) is 2.59. The first-order valence-corrected chi connectivity index (χ1v) is 6.63. The van der Waals surface area contributed by atoms with Gasteiger partial charge in [-0.15, -0.1) is 0 Å². The van der Waals surface area contributed by atoms with Gasteiger partial charge in [-0.05, 0) is 38.5 Å². The van der Waals surface area contributed by atoms with Gasteiger partial charge in [0.2, 0.25) is 0 Å². The lowest BCUT2D eigenvalue weighted by atomic mass is 10.2. The van der Waals surface area contributed by atoms with Crippen LogP contribution in [0.1, 0.15) is 32.1 Å². The monoisotopic (exact) mass is 241 g/mol. The van der Waals surface area contributed by atoms with Crippen LogP contribution in [0.25, 0.3) is 0 Å². The van der Waals surface area contributed by atoms with Crippen LogP contribution in [0.4, 0.5) is 13.2 Å². The topological polar surface area (TPSA) is 12.0 Å². The van der Waals surface area contributed by atoms with E-state index in [2.05, 4.69) is 11.6 Å². The highest BCUT2D eigenvalue weighted by molar-refractivity contribution is 7.99. The quantitative estimate of drug-likeness (QED) is 0.742. The smallest absolute Gasteiger partial charge is 0.314 e. The predicted molar refractivity (Wildman–Crippen MR) is 58.2 cm³/mol. The maximum atomic E-state index is 11.8. The van der Waals surface area contributed by atoms with Gasteiger partial charge in [-0.3, -0.25) is 0 Å². The molecule has 1 saturated carbocycles. The van der Waals surface area contributed by atoms with Crippen LogP contribution in [0.3, 0.4) is 0 Å². The Morgan fingerprint density at radius 2 is 2.07 bits per heavy atom. The molecule has 0 aromatic rings. The molecule has 1 nitrogen and oxygen atoms in total. The second kappa shape index (κ2) is 5.99. The summed E-state index contributed by atoms with van der Waals surface area (Å²) in [4.78, 5) is 0. The molecule has 0 spiro atoms. The summed E-state index contributed by atoms with van der Waals surface area (Å²) < 4.78 is 35.5. The number of thioether (sulfide) groups is 1. The molecule has 0 aromatic heterocycles. The molecule has 1 rings (SSSR count). The Labute approximate surface area is 93.2 Å². The first-order valence-electron chi connectivity index (χ1n) is 5.34. The van der Waals surface area contributed by atoms with Crippen LogP contribution in [0.2, 0.25) is 0 Å². The molecule has 1 aliphatic carbocycles. The van der Waals surface area contributed by atoms with Crippen molar-refractivity contribution in [1.29, 1.82) is 0 Å². The maximum Gasteiger partial charge on any atom is 0.389 e. The van der Waals surface area contributed by atoms with Crippen LogP contribution in [-0.4, -0.2) is 30.3 Å². The molecule has 0 bridgehead atoms. The molecule has 1 fully saturated rings. The highest BCUT2D eigenvalue weighted by atomic mass is 32.2. The van der Waals surface area contributed by atoms with Gasteiger partial charge in [-0.2, -0.15) is 24.9 Å². The Kier molecular flexibility index (Phi) is 5.26. The number of hydrogen-bond acceptors (Lipinski definition) is 2. The van der Waals surface area contributed by atoms with Crippen LogP contribution in [-0.2, 0) is 0 Å². The van der Waals surface area contributed by atoms with E-state index in [0.717, 1.165) is 12.8 Å². The van der Waals surface area contributed by atoms with Gasteiger partial charge in [0, 0.05) is 17.7 Å². The van der Waals surface area contributed by atoms with E-state index in [1.165, 1.54) is 6.42 Å². The molecular formula is C10H18F3NS. The molecule has 0 saturated heterocycles. The molecule has 0 aliphatic heterocycles. The van der Waals surface area contributed by atoms with Gasteiger partial charge >= 0.3 is 6.18 Å². The van der Waals surface area contributed by atoms with Crippen molar-refractivity contribution in [3.05, 3.63) is 0 Å². The largest absolute Gasteiger partial charge is 0.389 e. The van der Waals surface area contributed by atoms with Crippen LogP contribution < -0.4 is 5.32 Å². The van der Waals surface area contributed by atoms with Crippen molar-refractivity contribution in [3.63, 3.8) is 0 Å². The molecule has 5 heteroatoms. The SMILES string of the molecule is CSC1CCC(NCCCC(F)(F)F)C1. The van der Waals surface area contributed by atoms with Crippen molar-refractivity contribution in [1.82, 2.24) is 5.32 Å². The molecular weight excluding hydrogens is 223 g/mol. The molecule has 0 amide bonds.